The van der Waals surface area contributed by atoms with Gasteiger partial charge in [0.05, 0.1) is 6.26 Å². The third-order valence-corrected chi connectivity index (χ3v) is 4.18. The number of rotatable bonds is 8. The quantitative estimate of drug-likeness (QED) is 0.377. The molecule has 0 fully saturated rings. The molecule has 7 heteroatoms. The number of benzene rings is 1. The molecule has 0 saturated carbocycles. The van der Waals surface area contributed by atoms with Crippen LogP contribution < -0.4 is 15.4 Å². The molecule has 0 heterocycles. The van der Waals surface area contributed by atoms with E-state index in [-0.39, 0.29) is 0 Å². The maximum absolute atomic E-state index is 11.0. The summed E-state index contributed by atoms with van der Waals surface area (Å²) in [5, 5.41) is 6.47. The standard InChI is InChI=1S/C16H28N4O2S/c1-13-6-8-15(9-7-13)14(2)12-19-16(17-3)18-10-5-11-20-23(4,21)22/h6-9,14,20H,5,10-12H2,1-4H3,(H2,17,18,19). The lowest BCUT2D eigenvalue weighted by molar-refractivity contribution is 0.584. The van der Waals surface area contributed by atoms with Crippen molar-refractivity contribution >= 4 is 16.0 Å². The molecule has 1 aromatic rings. The lowest BCUT2D eigenvalue weighted by Gasteiger charge is -2.16. The summed E-state index contributed by atoms with van der Waals surface area (Å²) in [6.45, 7) is 6.10. The first kappa shape index (κ1) is 19.4. The van der Waals surface area contributed by atoms with Gasteiger partial charge in [-0.05, 0) is 24.8 Å². The van der Waals surface area contributed by atoms with Crippen molar-refractivity contribution in [2.45, 2.75) is 26.2 Å². The van der Waals surface area contributed by atoms with E-state index in [0.717, 1.165) is 18.8 Å². The summed E-state index contributed by atoms with van der Waals surface area (Å²) in [4.78, 5) is 4.17. The fourth-order valence-corrected chi connectivity index (χ4v) is 2.55. The van der Waals surface area contributed by atoms with Gasteiger partial charge in [0.1, 0.15) is 0 Å². The molecule has 0 aliphatic rings. The maximum Gasteiger partial charge on any atom is 0.208 e. The summed E-state index contributed by atoms with van der Waals surface area (Å²) in [5.74, 6) is 1.10. The second-order valence-electron chi connectivity index (χ2n) is 5.71. The zero-order valence-electron chi connectivity index (χ0n) is 14.4. The summed E-state index contributed by atoms with van der Waals surface area (Å²) >= 11 is 0. The zero-order valence-corrected chi connectivity index (χ0v) is 15.2. The first-order valence-corrected chi connectivity index (χ1v) is 9.66. The molecular weight excluding hydrogens is 312 g/mol. The van der Waals surface area contributed by atoms with E-state index in [1.54, 1.807) is 7.05 Å². The molecule has 0 bridgehead atoms. The molecule has 0 spiro atoms. The number of nitrogens with zero attached hydrogens (tertiary/aromatic N) is 1. The van der Waals surface area contributed by atoms with Gasteiger partial charge >= 0.3 is 0 Å². The van der Waals surface area contributed by atoms with Crippen molar-refractivity contribution in [1.29, 1.82) is 0 Å². The third-order valence-electron chi connectivity index (χ3n) is 3.46. The molecule has 6 nitrogen and oxygen atoms in total. The number of aryl methyl sites for hydroxylation is 1. The highest BCUT2D eigenvalue weighted by atomic mass is 32.2. The van der Waals surface area contributed by atoms with Crippen molar-refractivity contribution in [2.24, 2.45) is 4.99 Å². The molecule has 0 aliphatic carbocycles. The maximum atomic E-state index is 11.0. The Bertz CT molecular complexity index is 597. The Kier molecular flexibility index (Phi) is 8.05. The van der Waals surface area contributed by atoms with Crippen LogP contribution in [-0.2, 0) is 10.0 Å². The minimum atomic E-state index is -3.11. The first-order chi connectivity index (χ1) is 10.8. The fraction of sp³-hybridized carbons (Fsp3) is 0.562. The summed E-state index contributed by atoms with van der Waals surface area (Å²) in [6, 6.07) is 8.53. The highest BCUT2D eigenvalue weighted by Gasteiger charge is 2.06. The Balaban J connectivity index is 2.29. The molecule has 1 rings (SSSR count). The van der Waals surface area contributed by atoms with Crippen LogP contribution in [-0.4, -0.2) is 47.3 Å². The number of hydrogen-bond acceptors (Lipinski definition) is 3. The molecule has 23 heavy (non-hydrogen) atoms. The predicted molar refractivity (Wildman–Crippen MR) is 96.4 cm³/mol. The average Bonchev–Trinajstić information content (AvgIpc) is 2.49. The van der Waals surface area contributed by atoms with E-state index >= 15 is 0 Å². The summed E-state index contributed by atoms with van der Waals surface area (Å²) in [6.07, 6.45) is 1.86. The van der Waals surface area contributed by atoms with E-state index in [2.05, 4.69) is 58.5 Å². The summed E-state index contributed by atoms with van der Waals surface area (Å²) < 4.78 is 24.4. The van der Waals surface area contributed by atoms with Gasteiger partial charge < -0.3 is 10.6 Å². The second-order valence-corrected chi connectivity index (χ2v) is 7.54. The smallest absolute Gasteiger partial charge is 0.208 e. The van der Waals surface area contributed by atoms with Crippen molar-refractivity contribution in [3.8, 4) is 0 Å². The minimum Gasteiger partial charge on any atom is -0.356 e. The van der Waals surface area contributed by atoms with Crippen molar-refractivity contribution in [1.82, 2.24) is 15.4 Å². The number of guanidine groups is 1. The van der Waals surface area contributed by atoms with Crippen LogP contribution in [0.2, 0.25) is 0 Å². The largest absolute Gasteiger partial charge is 0.356 e. The monoisotopic (exact) mass is 340 g/mol. The van der Waals surface area contributed by atoms with Crippen LogP contribution in [0.15, 0.2) is 29.3 Å². The molecule has 1 atom stereocenters. The molecule has 0 aromatic heterocycles. The number of nitrogens with one attached hydrogen (secondary N) is 3. The van der Waals surface area contributed by atoms with Gasteiger partial charge in [-0.3, -0.25) is 4.99 Å². The van der Waals surface area contributed by atoms with Crippen molar-refractivity contribution < 1.29 is 8.42 Å². The van der Waals surface area contributed by atoms with Crippen LogP contribution in [0.25, 0.3) is 0 Å². The van der Waals surface area contributed by atoms with E-state index < -0.39 is 10.0 Å². The molecule has 3 N–H and O–H groups in total. The lowest BCUT2D eigenvalue weighted by atomic mass is 10.0. The Morgan fingerprint density at radius 1 is 1.17 bits per heavy atom. The molecule has 0 saturated heterocycles. The van der Waals surface area contributed by atoms with Crippen LogP contribution in [0.5, 0.6) is 0 Å². The van der Waals surface area contributed by atoms with Gasteiger partial charge in [0, 0.05) is 26.7 Å². The van der Waals surface area contributed by atoms with Crippen molar-refractivity contribution in [3.63, 3.8) is 0 Å². The van der Waals surface area contributed by atoms with Gasteiger partial charge in [0.2, 0.25) is 10.0 Å². The van der Waals surface area contributed by atoms with Gasteiger partial charge in [0.15, 0.2) is 5.96 Å². The molecule has 0 aliphatic heterocycles. The van der Waals surface area contributed by atoms with Crippen LogP contribution in [0.1, 0.15) is 30.4 Å². The fourth-order valence-electron chi connectivity index (χ4n) is 2.04. The van der Waals surface area contributed by atoms with Crippen LogP contribution in [0, 0.1) is 6.92 Å². The van der Waals surface area contributed by atoms with Crippen LogP contribution in [0.4, 0.5) is 0 Å². The highest BCUT2D eigenvalue weighted by molar-refractivity contribution is 7.88. The number of hydrogen-bond donors (Lipinski definition) is 3. The Labute approximate surface area is 139 Å². The Morgan fingerprint density at radius 3 is 2.39 bits per heavy atom. The molecule has 130 valence electrons. The third kappa shape index (κ3) is 8.56. The average molecular weight is 340 g/mol. The molecule has 0 amide bonds. The molecule has 1 unspecified atom stereocenters. The number of sulfonamides is 1. The molecule has 1 aromatic carbocycles. The van der Waals surface area contributed by atoms with Gasteiger partial charge in [-0.2, -0.15) is 0 Å². The van der Waals surface area contributed by atoms with E-state index in [4.69, 9.17) is 0 Å². The topological polar surface area (TPSA) is 82.6 Å². The van der Waals surface area contributed by atoms with E-state index in [0.29, 0.717) is 25.4 Å². The molecule has 0 radical (unpaired) electrons. The predicted octanol–water partition coefficient (Wildman–Crippen LogP) is 1.20. The zero-order chi connectivity index (χ0) is 17.3. The number of aliphatic imine (C=N–C) groups is 1. The normalized spacial score (nSPS) is 13.7. The van der Waals surface area contributed by atoms with Gasteiger partial charge in [-0.25, -0.2) is 13.1 Å². The van der Waals surface area contributed by atoms with E-state index in [1.807, 2.05) is 0 Å². The second kappa shape index (κ2) is 9.52. The minimum absolute atomic E-state index is 0.376. The SMILES string of the molecule is CN=C(NCCCNS(C)(=O)=O)NCC(C)c1ccc(C)cc1. The van der Waals surface area contributed by atoms with Crippen molar-refractivity contribution in [2.75, 3.05) is 32.9 Å². The van der Waals surface area contributed by atoms with Gasteiger partial charge in [-0.15, -0.1) is 0 Å². The Morgan fingerprint density at radius 2 is 1.83 bits per heavy atom. The van der Waals surface area contributed by atoms with E-state index in [1.165, 1.54) is 11.1 Å². The van der Waals surface area contributed by atoms with Gasteiger partial charge in [0.25, 0.3) is 0 Å². The van der Waals surface area contributed by atoms with Gasteiger partial charge in [-0.1, -0.05) is 36.8 Å². The molecular formula is C16H28N4O2S. The Hall–Kier alpha value is -1.60. The highest BCUT2D eigenvalue weighted by Crippen LogP contribution is 2.14. The summed E-state index contributed by atoms with van der Waals surface area (Å²) in [5.41, 5.74) is 2.55. The van der Waals surface area contributed by atoms with Crippen LogP contribution >= 0.6 is 0 Å². The lowest BCUT2D eigenvalue weighted by Crippen LogP contribution is -2.40. The van der Waals surface area contributed by atoms with Crippen LogP contribution in [0.3, 0.4) is 0 Å². The van der Waals surface area contributed by atoms with E-state index in [9.17, 15) is 8.42 Å². The van der Waals surface area contributed by atoms with Crippen molar-refractivity contribution in [3.05, 3.63) is 35.4 Å². The first-order valence-electron chi connectivity index (χ1n) is 7.77. The summed E-state index contributed by atoms with van der Waals surface area (Å²) in [7, 11) is -1.39.